The van der Waals surface area contributed by atoms with Gasteiger partial charge in [0, 0.05) is 11.6 Å². The van der Waals surface area contributed by atoms with Crippen LogP contribution in [-0.2, 0) is 0 Å². The van der Waals surface area contributed by atoms with E-state index in [1.54, 1.807) is 6.07 Å². The Bertz CT molecular complexity index is 1110. The lowest BCUT2D eigenvalue weighted by molar-refractivity contribution is 0.865. The molecule has 0 fully saturated rings. The molecule has 116 valence electrons. The summed E-state index contributed by atoms with van der Waals surface area (Å²) in [4.78, 5) is 11.9. The fourth-order valence-electron chi connectivity index (χ4n) is 2.99. The Morgan fingerprint density at radius 3 is 2.08 bits per heavy atom. The normalized spacial score (nSPS) is 11.0. The largest absolute Gasteiger partial charge is 0.374 e. The van der Waals surface area contributed by atoms with E-state index in [-0.39, 0.29) is 10.7 Å². The van der Waals surface area contributed by atoms with Crippen LogP contribution in [0.15, 0.2) is 71.5 Å². The molecule has 0 amide bonds. The van der Waals surface area contributed by atoms with Crippen LogP contribution in [0.2, 0.25) is 0 Å². The molecule has 0 unspecified atom stereocenters. The number of nitrogens with two attached hydrogens (primary N) is 1. The number of hydrogen-bond acceptors (Lipinski definition) is 3. The monoisotopic (exact) mass is 331 g/mol. The lowest BCUT2D eigenvalue weighted by atomic mass is 9.95. The van der Waals surface area contributed by atoms with E-state index in [1.165, 1.54) is 6.07 Å². The van der Waals surface area contributed by atoms with Crippen LogP contribution in [0.3, 0.4) is 0 Å². The Kier molecular flexibility index (Phi) is 3.36. The van der Waals surface area contributed by atoms with Crippen molar-refractivity contribution < 1.29 is 0 Å². The molecule has 4 nitrogen and oxygen atoms in total. The average molecular weight is 331 g/mol. The molecule has 0 atom stereocenters. The van der Waals surface area contributed by atoms with Crippen molar-refractivity contribution in [1.29, 1.82) is 0 Å². The Balaban J connectivity index is 2.17. The zero-order valence-electron chi connectivity index (χ0n) is 12.6. The first-order valence-electron chi connectivity index (χ1n) is 7.46. The molecule has 1 aromatic heterocycles. The SMILES string of the molecule is NC(=S)n1nc(-c2c3ccccc3cc3ccccc23)ccc1=O. The van der Waals surface area contributed by atoms with E-state index >= 15 is 0 Å². The molecule has 1 heterocycles. The zero-order chi connectivity index (χ0) is 16.7. The molecule has 0 saturated heterocycles. The Morgan fingerprint density at radius 1 is 0.917 bits per heavy atom. The fourth-order valence-corrected chi connectivity index (χ4v) is 3.12. The minimum atomic E-state index is -0.337. The minimum Gasteiger partial charge on any atom is -0.374 e. The fraction of sp³-hybridized carbons (Fsp3) is 0. The molecule has 0 spiro atoms. The zero-order valence-corrected chi connectivity index (χ0v) is 13.5. The Labute approximate surface area is 143 Å². The van der Waals surface area contributed by atoms with Gasteiger partial charge in [-0.15, -0.1) is 0 Å². The highest BCUT2D eigenvalue weighted by Crippen LogP contribution is 2.34. The number of aromatic nitrogens is 2. The third-order valence-electron chi connectivity index (χ3n) is 4.04. The summed E-state index contributed by atoms with van der Waals surface area (Å²) in [7, 11) is 0. The predicted octanol–water partition coefficient (Wildman–Crippen LogP) is 3.31. The molecule has 2 N–H and O–H groups in total. The summed E-state index contributed by atoms with van der Waals surface area (Å²) in [5.41, 5.74) is 6.91. The van der Waals surface area contributed by atoms with Gasteiger partial charge in [0.15, 0.2) is 5.11 Å². The predicted molar refractivity (Wildman–Crippen MR) is 101 cm³/mol. The van der Waals surface area contributed by atoms with Crippen LogP contribution < -0.4 is 11.3 Å². The summed E-state index contributed by atoms with van der Waals surface area (Å²) in [6.07, 6.45) is 0. The van der Waals surface area contributed by atoms with Crippen molar-refractivity contribution in [3.8, 4) is 11.3 Å². The molecule has 3 aromatic carbocycles. The van der Waals surface area contributed by atoms with Crippen molar-refractivity contribution in [2.75, 3.05) is 0 Å². The molecule has 0 aliphatic carbocycles. The van der Waals surface area contributed by atoms with Crippen LogP contribution in [0.25, 0.3) is 32.8 Å². The van der Waals surface area contributed by atoms with Gasteiger partial charge in [0.2, 0.25) is 0 Å². The summed E-state index contributed by atoms with van der Waals surface area (Å²) in [5.74, 6) is 0. The van der Waals surface area contributed by atoms with Crippen LogP contribution in [0, 0.1) is 0 Å². The smallest absolute Gasteiger partial charge is 0.273 e. The van der Waals surface area contributed by atoms with E-state index in [9.17, 15) is 4.79 Å². The lowest BCUT2D eigenvalue weighted by Gasteiger charge is -2.12. The van der Waals surface area contributed by atoms with Gasteiger partial charge in [0.05, 0.1) is 5.69 Å². The van der Waals surface area contributed by atoms with Crippen molar-refractivity contribution in [3.05, 3.63) is 77.1 Å². The second kappa shape index (κ2) is 5.54. The maximum absolute atomic E-state index is 11.9. The summed E-state index contributed by atoms with van der Waals surface area (Å²) < 4.78 is 1.06. The van der Waals surface area contributed by atoms with Gasteiger partial charge in [-0.05, 0) is 45.9 Å². The first-order chi connectivity index (χ1) is 11.6. The maximum Gasteiger partial charge on any atom is 0.273 e. The summed E-state index contributed by atoms with van der Waals surface area (Å²) in [5, 5.41) is 8.67. The molecule has 5 heteroatoms. The van der Waals surface area contributed by atoms with Crippen molar-refractivity contribution in [2.24, 2.45) is 5.73 Å². The lowest BCUT2D eigenvalue weighted by Crippen LogP contribution is -2.33. The van der Waals surface area contributed by atoms with Gasteiger partial charge in [0.1, 0.15) is 0 Å². The molecule has 0 aliphatic rings. The molecule has 24 heavy (non-hydrogen) atoms. The van der Waals surface area contributed by atoms with Gasteiger partial charge >= 0.3 is 0 Å². The molecule has 4 aromatic rings. The van der Waals surface area contributed by atoms with Crippen LogP contribution in [-0.4, -0.2) is 14.9 Å². The first-order valence-corrected chi connectivity index (χ1v) is 7.87. The van der Waals surface area contributed by atoms with Gasteiger partial charge < -0.3 is 5.73 Å². The van der Waals surface area contributed by atoms with Crippen LogP contribution >= 0.6 is 12.2 Å². The molecular weight excluding hydrogens is 318 g/mol. The topological polar surface area (TPSA) is 60.9 Å². The maximum atomic E-state index is 11.9. The molecule has 0 saturated carbocycles. The second-order valence-corrected chi connectivity index (χ2v) is 5.92. The summed E-state index contributed by atoms with van der Waals surface area (Å²) in [6, 6.07) is 21.5. The molecule has 0 bridgehead atoms. The highest BCUT2D eigenvalue weighted by Gasteiger charge is 2.12. The number of hydrogen-bond donors (Lipinski definition) is 1. The number of nitrogens with zero attached hydrogens (tertiary/aromatic N) is 2. The average Bonchev–Trinajstić information content (AvgIpc) is 2.60. The van der Waals surface area contributed by atoms with Gasteiger partial charge in [0.25, 0.3) is 5.56 Å². The number of rotatable bonds is 1. The van der Waals surface area contributed by atoms with Crippen LogP contribution in [0.1, 0.15) is 0 Å². The second-order valence-electron chi connectivity index (χ2n) is 5.50. The van der Waals surface area contributed by atoms with Crippen LogP contribution in [0.5, 0.6) is 0 Å². The van der Waals surface area contributed by atoms with E-state index < -0.39 is 0 Å². The minimum absolute atomic E-state index is 0.0635. The first kappa shape index (κ1) is 14.5. The quantitative estimate of drug-likeness (QED) is 0.429. The molecule has 0 radical (unpaired) electrons. The van der Waals surface area contributed by atoms with Gasteiger partial charge in [-0.3, -0.25) is 4.79 Å². The number of thiocarbonyl (C=S) groups is 1. The van der Waals surface area contributed by atoms with E-state index in [4.69, 9.17) is 18.0 Å². The Hall–Kier alpha value is -3.05. The van der Waals surface area contributed by atoms with E-state index in [0.717, 1.165) is 31.8 Å². The van der Waals surface area contributed by atoms with E-state index in [2.05, 4.69) is 35.4 Å². The standard InChI is InChI=1S/C19H13N3OS/c20-19(24)22-17(23)10-9-16(21-22)18-14-7-3-1-5-12(14)11-13-6-2-4-8-15(13)18/h1-11H,(H2,20,24). The van der Waals surface area contributed by atoms with Crippen molar-refractivity contribution in [1.82, 2.24) is 9.78 Å². The third kappa shape index (κ3) is 2.26. The van der Waals surface area contributed by atoms with E-state index in [0.29, 0.717) is 5.69 Å². The molecular formula is C19H13N3OS. The van der Waals surface area contributed by atoms with Gasteiger partial charge in [-0.25, -0.2) is 0 Å². The van der Waals surface area contributed by atoms with Crippen LogP contribution in [0.4, 0.5) is 0 Å². The highest BCUT2D eigenvalue weighted by molar-refractivity contribution is 7.80. The van der Waals surface area contributed by atoms with Crippen molar-refractivity contribution >= 4 is 38.9 Å². The summed E-state index contributed by atoms with van der Waals surface area (Å²) >= 11 is 4.93. The molecule has 0 aliphatic heterocycles. The third-order valence-corrected chi connectivity index (χ3v) is 4.21. The molecule has 4 rings (SSSR count). The van der Waals surface area contributed by atoms with E-state index in [1.807, 2.05) is 24.3 Å². The Morgan fingerprint density at radius 2 is 1.50 bits per heavy atom. The summed E-state index contributed by atoms with van der Waals surface area (Å²) in [6.45, 7) is 0. The van der Waals surface area contributed by atoms with Crippen molar-refractivity contribution in [3.63, 3.8) is 0 Å². The number of benzene rings is 3. The van der Waals surface area contributed by atoms with Crippen molar-refractivity contribution in [2.45, 2.75) is 0 Å². The number of fused-ring (bicyclic) bond motifs is 2. The highest BCUT2D eigenvalue weighted by atomic mass is 32.1. The van der Waals surface area contributed by atoms with Gasteiger partial charge in [-0.2, -0.15) is 9.78 Å². The van der Waals surface area contributed by atoms with Gasteiger partial charge in [-0.1, -0.05) is 48.5 Å².